The van der Waals surface area contributed by atoms with Crippen LogP contribution in [0.25, 0.3) is 0 Å². The molecule has 2 aromatic carbocycles. The maximum absolute atomic E-state index is 14.0. The Balaban J connectivity index is 2.24. The first-order valence-corrected chi connectivity index (χ1v) is 6.65. The van der Waals surface area contributed by atoms with Crippen LogP contribution in [0.15, 0.2) is 36.4 Å². The monoisotopic (exact) mass is 311 g/mol. The predicted octanol–water partition coefficient (Wildman–Crippen LogP) is 4.70. The molecule has 0 aliphatic heterocycles. The normalized spacial score (nSPS) is 12.2. The lowest BCUT2D eigenvalue weighted by molar-refractivity contribution is -0.384. The molecule has 2 aromatic rings. The Bertz CT molecular complexity index is 674. The van der Waals surface area contributed by atoms with Gasteiger partial charge in [-0.2, -0.15) is 0 Å². The topological polar surface area (TPSA) is 43.1 Å². The number of halogens is 3. The maximum Gasteiger partial charge on any atom is 0.269 e. The Morgan fingerprint density at radius 1 is 1.19 bits per heavy atom. The number of hydrogen-bond acceptors (Lipinski definition) is 2. The van der Waals surface area contributed by atoms with Crippen LogP contribution in [0.3, 0.4) is 0 Å². The largest absolute Gasteiger partial charge is 0.269 e. The van der Waals surface area contributed by atoms with Gasteiger partial charge in [-0.3, -0.25) is 10.1 Å². The van der Waals surface area contributed by atoms with Gasteiger partial charge in [0.15, 0.2) is 0 Å². The molecule has 1 atom stereocenters. The summed E-state index contributed by atoms with van der Waals surface area (Å²) in [5.74, 6) is -1.35. The third-order valence-corrected chi connectivity index (χ3v) is 3.57. The summed E-state index contributed by atoms with van der Waals surface area (Å²) in [6.07, 6.45) is 0.177. The van der Waals surface area contributed by atoms with Crippen LogP contribution in [0.1, 0.15) is 22.1 Å². The standard InChI is InChI=1S/C15H12ClF2NO2/c1-9-2-7-13(17)14(15(9)18)12(16)8-10-3-5-11(6-4-10)19(20)21/h2-7,12H,8H2,1H3. The van der Waals surface area contributed by atoms with Crippen molar-refractivity contribution in [1.29, 1.82) is 0 Å². The molecule has 3 nitrogen and oxygen atoms in total. The molecule has 0 bridgehead atoms. The molecule has 0 spiro atoms. The second-order valence-electron chi connectivity index (χ2n) is 4.69. The van der Waals surface area contributed by atoms with Gasteiger partial charge in [-0.05, 0) is 30.5 Å². The van der Waals surface area contributed by atoms with E-state index in [1.807, 2.05) is 0 Å². The molecule has 0 radical (unpaired) electrons. The van der Waals surface area contributed by atoms with Gasteiger partial charge in [0.1, 0.15) is 11.6 Å². The Kier molecular flexibility index (Phi) is 4.53. The van der Waals surface area contributed by atoms with Gasteiger partial charge in [0, 0.05) is 17.7 Å². The van der Waals surface area contributed by atoms with E-state index in [0.29, 0.717) is 11.1 Å². The van der Waals surface area contributed by atoms with Crippen molar-refractivity contribution < 1.29 is 13.7 Å². The minimum atomic E-state index is -0.883. The van der Waals surface area contributed by atoms with Gasteiger partial charge in [-0.25, -0.2) is 8.78 Å². The molecule has 21 heavy (non-hydrogen) atoms. The molecule has 0 aromatic heterocycles. The van der Waals surface area contributed by atoms with Crippen molar-refractivity contribution in [2.24, 2.45) is 0 Å². The van der Waals surface area contributed by atoms with E-state index in [9.17, 15) is 18.9 Å². The zero-order chi connectivity index (χ0) is 15.6. The molecule has 0 amide bonds. The first-order valence-electron chi connectivity index (χ1n) is 6.22. The van der Waals surface area contributed by atoms with Crippen molar-refractivity contribution in [3.05, 3.63) is 74.8 Å². The molecule has 0 heterocycles. The number of non-ortho nitro benzene ring substituents is 1. The highest BCUT2D eigenvalue weighted by atomic mass is 35.5. The molecule has 0 saturated carbocycles. The third-order valence-electron chi connectivity index (χ3n) is 3.19. The number of aryl methyl sites for hydroxylation is 1. The summed E-state index contributed by atoms with van der Waals surface area (Å²) < 4.78 is 27.7. The summed E-state index contributed by atoms with van der Waals surface area (Å²) in [5, 5.41) is 9.68. The van der Waals surface area contributed by atoms with Crippen molar-refractivity contribution >= 4 is 17.3 Å². The van der Waals surface area contributed by atoms with Crippen molar-refractivity contribution in [3.63, 3.8) is 0 Å². The van der Waals surface area contributed by atoms with Crippen LogP contribution in [0.5, 0.6) is 0 Å². The molecule has 110 valence electrons. The summed E-state index contributed by atoms with van der Waals surface area (Å²) in [6.45, 7) is 1.54. The van der Waals surface area contributed by atoms with E-state index < -0.39 is 21.9 Å². The minimum Gasteiger partial charge on any atom is -0.258 e. The smallest absolute Gasteiger partial charge is 0.258 e. The zero-order valence-corrected chi connectivity index (χ0v) is 11.9. The molecule has 6 heteroatoms. The van der Waals surface area contributed by atoms with Crippen LogP contribution in [0.4, 0.5) is 14.5 Å². The SMILES string of the molecule is Cc1ccc(F)c(C(Cl)Cc2ccc([N+](=O)[O-])cc2)c1F. The summed E-state index contributed by atoms with van der Waals surface area (Å²) in [4.78, 5) is 10.1. The van der Waals surface area contributed by atoms with E-state index in [1.165, 1.54) is 43.3 Å². The maximum atomic E-state index is 14.0. The average Bonchev–Trinajstić information content (AvgIpc) is 2.44. The van der Waals surface area contributed by atoms with Crippen LogP contribution < -0.4 is 0 Å². The van der Waals surface area contributed by atoms with E-state index in [1.54, 1.807) is 0 Å². The second-order valence-corrected chi connectivity index (χ2v) is 5.21. The van der Waals surface area contributed by atoms with E-state index in [-0.39, 0.29) is 17.7 Å². The van der Waals surface area contributed by atoms with Gasteiger partial charge >= 0.3 is 0 Å². The Labute approximate surface area is 125 Å². The fraction of sp³-hybridized carbons (Fsp3) is 0.200. The highest BCUT2D eigenvalue weighted by molar-refractivity contribution is 6.21. The quantitative estimate of drug-likeness (QED) is 0.466. The highest BCUT2D eigenvalue weighted by Crippen LogP contribution is 2.31. The van der Waals surface area contributed by atoms with Crippen molar-refractivity contribution in [2.75, 3.05) is 0 Å². The van der Waals surface area contributed by atoms with Gasteiger partial charge < -0.3 is 0 Å². The van der Waals surface area contributed by atoms with Gasteiger partial charge in [-0.15, -0.1) is 11.6 Å². The summed E-state index contributed by atoms with van der Waals surface area (Å²) in [5.41, 5.74) is 0.773. The summed E-state index contributed by atoms with van der Waals surface area (Å²) in [7, 11) is 0. The molecule has 0 saturated heterocycles. The van der Waals surface area contributed by atoms with Gasteiger partial charge in [-0.1, -0.05) is 18.2 Å². The lowest BCUT2D eigenvalue weighted by Gasteiger charge is -2.13. The number of hydrogen-bond donors (Lipinski definition) is 0. The average molecular weight is 312 g/mol. The number of nitro groups is 1. The van der Waals surface area contributed by atoms with Gasteiger partial charge in [0.2, 0.25) is 0 Å². The Morgan fingerprint density at radius 2 is 1.81 bits per heavy atom. The van der Waals surface area contributed by atoms with E-state index in [0.717, 1.165) is 0 Å². The van der Waals surface area contributed by atoms with Gasteiger partial charge in [0.05, 0.1) is 10.3 Å². The molecule has 0 aliphatic rings. The Morgan fingerprint density at radius 3 is 2.38 bits per heavy atom. The lowest BCUT2D eigenvalue weighted by atomic mass is 10.0. The Hall–Kier alpha value is -2.01. The molecular weight excluding hydrogens is 300 g/mol. The van der Waals surface area contributed by atoms with Crippen LogP contribution >= 0.6 is 11.6 Å². The minimum absolute atomic E-state index is 0.0437. The third kappa shape index (κ3) is 3.36. The van der Waals surface area contributed by atoms with Crippen molar-refractivity contribution in [2.45, 2.75) is 18.7 Å². The molecule has 0 aliphatic carbocycles. The van der Waals surface area contributed by atoms with E-state index >= 15 is 0 Å². The predicted molar refractivity (Wildman–Crippen MR) is 76.5 cm³/mol. The fourth-order valence-corrected chi connectivity index (χ4v) is 2.41. The number of alkyl halides is 1. The molecule has 0 N–H and O–H groups in total. The van der Waals surface area contributed by atoms with Crippen LogP contribution in [-0.4, -0.2) is 4.92 Å². The van der Waals surface area contributed by atoms with Crippen LogP contribution in [0.2, 0.25) is 0 Å². The number of benzene rings is 2. The fourth-order valence-electron chi connectivity index (χ4n) is 2.03. The van der Waals surface area contributed by atoms with Crippen LogP contribution in [0, 0.1) is 28.7 Å². The summed E-state index contributed by atoms with van der Waals surface area (Å²) in [6, 6.07) is 8.25. The number of nitrogens with zero attached hydrogens (tertiary/aromatic N) is 1. The number of rotatable bonds is 4. The molecule has 0 fully saturated rings. The van der Waals surface area contributed by atoms with E-state index in [2.05, 4.69) is 0 Å². The molecule has 1 unspecified atom stereocenters. The lowest BCUT2D eigenvalue weighted by Crippen LogP contribution is -2.04. The summed E-state index contributed by atoms with van der Waals surface area (Å²) >= 11 is 6.11. The molecular formula is C15H12ClF2NO2. The van der Waals surface area contributed by atoms with Crippen molar-refractivity contribution in [3.8, 4) is 0 Å². The number of nitro benzene ring substituents is 1. The van der Waals surface area contributed by atoms with E-state index in [4.69, 9.17) is 11.6 Å². The first kappa shape index (κ1) is 15.4. The highest BCUT2D eigenvalue weighted by Gasteiger charge is 2.20. The van der Waals surface area contributed by atoms with Gasteiger partial charge in [0.25, 0.3) is 5.69 Å². The molecule has 2 rings (SSSR count). The zero-order valence-electron chi connectivity index (χ0n) is 11.1. The second kappa shape index (κ2) is 6.18. The van der Waals surface area contributed by atoms with Crippen LogP contribution in [-0.2, 0) is 6.42 Å². The van der Waals surface area contributed by atoms with Crippen molar-refractivity contribution in [1.82, 2.24) is 0 Å². The first-order chi connectivity index (χ1) is 9.90.